The second-order valence-corrected chi connectivity index (χ2v) is 9.64. The first-order valence-electron chi connectivity index (χ1n) is 10.9. The first-order chi connectivity index (χ1) is 15.8. The molecule has 166 valence electrons. The summed E-state index contributed by atoms with van der Waals surface area (Å²) in [6.07, 6.45) is 9.76. The summed E-state index contributed by atoms with van der Waals surface area (Å²) in [4.78, 5) is 12.1. The van der Waals surface area contributed by atoms with Gasteiger partial charge >= 0.3 is 0 Å². The molecule has 4 unspecified atom stereocenters. The standard InChI is InChI=1S/C25H19ClN2O5/c26-21(29)14-7-15(27-22(30)17-10-1-2-11(5-10)18(17)23(27)31)9-16(8-14)28-24(32)19-12-3-4-13(6-12)20(19)25(28)33/h1-4,7-13,30-33H,5-6H2. The van der Waals surface area contributed by atoms with Crippen LogP contribution < -0.4 is 0 Å². The smallest absolute Gasteiger partial charge is 0.252 e. The quantitative estimate of drug-likeness (QED) is 0.332. The molecule has 4 N–H and O–H groups in total. The summed E-state index contributed by atoms with van der Waals surface area (Å²) in [5, 5.41) is 43.3. The van der Waals surface area contributed by atoms with Crippen LogP contribution in [0.3, 0.4) is 0 Å². The third-order valence-electron chi connectivity index (χ3n) is 7.69. The number of carbonyl (C=O) groups excluding carboxylic acids is 1. The summed E-state index contributed by atoms with van der Waals surface area (Å²) in [5.74, 6) is -0.192. The van der Waals surface area contributed by atoms with Crippen LogP contribution in [0.15, 0.2) is 42.5 Å². The molecule has 2 heterocycles. The van der Waals surface area contributed by atoms with Crippen LogP contribution in [-0.4, -0.2) is 34.8 Å². The molecule has 0 fully saturated rings. The fourth-order valence-electron chi connectivity index (χ4n) is 6.34. The van der Waals surface area contributed by atoms with Crippen molar-refractivity contribution in [2.75, 3.05) is 0 Å². The van der Waals surface area contributed by atoms with Gasteiger partial charge in [0.05, 0.1) is 11.4 Å². The second-order valence-electron chi connectivity index (χ2n) is 9.30. The number of aromatic nitrogens is 2. The number of hydrogen-bond donors (Lipinski definition) is 4. The number of fused-ring (bicyclic) bond motifs is 10. The SMILES string of the molecule is O=C(Cl)c1cc(-n2c(O)c3c(c2O)C2C=CC3C2)cc(-n2c(O)c3c(c2O)C2C=CC3C2)c1. The largest absolute Gasteiger partial charge is 0.494 e. The van der Waals surface area contributed by atoms with Crippen LogP contribution in [0.25, 0.3) is 11.4 Å². The number of halogens is 1. The lowest BCUT2D eigenvalue weighted by molar-refractivity contribution is 0.108. The Morgan fingerprint density at radius 3 is 1.30 bits per heavy atom. The summed E-state index contributed by atoms with van der Waals surface area (Å²) < 4.78 is 2.58. The first-order valence-corrected chi connectivity index (χ1v) is 11.3. The Morgan fingerprint density at radius 1 is 0.667 bits per heavy atom. The predicted octanol–water partition coefficient (Wildman–Crippen LogP) is 4.75. The Morgan fingerprint density at radius 2 is 1.00 bits per heavy atom. The second kappa shape index (κ2) is 6.05. The van der Waals surface area contributed by atoms with E-state index in [2.05, 4.69) is 0 Å². The van der Waals surface area contributed by atoms with E-state index in [1.807, 2.05) is 24.3 Å². The van der Waals surface area contributed by atoms with Gasteiger partial charge in [0.2, 0.25) is 23.5 Å². The zero-order valence-electron chi connectivity index (χ0n) is 17.2. The molecule has 0 aliphatic heterocycles. The zero-order chi connectivity index (χ0) is 22.8. The molecule has 0 amide bonds. The average Bonchev–Trinajstić information content (AvgIpc) is 3.61. The van der Waals surface area contributed by atoms with Crippen LogP contribution in [0.2, 0.25) is 0 Å². The Kier molecular flexibility index (Phi) is 3.47. The topological polar surface area (TPSA) is 108 Å². The van der Waals surface area contributed by atoms with Crippen LogP contribution >= 0.6 is 11.6 Å². The lowest BCUT2D eigenvalue weighted by Crippen LogP contribution is -2.03. The van der Waals surface area contributed by atoms with Gasteiger partial charge in [-0.15, -0.1) is 0 Å². The lowest BCUT2D eigenvalue weighted by Gasteiger charge is -2.15. The van der Waals surface area contributed by atoms with Gasteiger partial charge in [-0.1, -0.05) is 24.3 Å². The monoisotopic (exact) mass is 462 g/mol. The first kappa shape index (κ1) is 18.9. The van der Waals surface area contributed by atoms with E-state index in [9.17, 15) is 25.2 Å². The molecule has 33 heavy (non-hydrogen) atoms. The van der Waals surface area contributed by atoms with Crippen molar-refractivity contribution in [3.63, 3.8) is 0 Å². The maximum absolute atomic E-state index is 12.1. The number of carbonyl (C=O) groups is 1. The van der Waals surface area contributed by atoms with E-state index in [4.69, 9.17) is 11.6 Å². The van der Waals surface area contributed by atoms with Gasteiger partial charge in [0.15, 0.2) is 0 Å². The maximum Gasteiger partial charge on any atom is 0.252 e. The minimum atomic E-state index is -0.737. The third kappa shape index (κ3) is 2.23. The molecule has 7 rings (SSSR count). The molecule has 3 aromatic rings. The van der Waals surface area contributed by atoms with Gasteiger partial charge in [0, 0.05) is 51.5 Å². The number of hydrogen-bond acceptors (Lipinski definition) is 5. The van der Waals surface area contributed by atoms with Crippen LogP contribution in [0.5, 0.6) is 23.5 Å². The van der Waals surface area contributed by atoms with E-state index >= 15 is 0 Å². The average molecular weight is 463 g/mol. The van der Waals surface area contributed by atoms with E-state index in [-0.39, 0.29) is 52.8 Å². The molecule has 0 saturated carbocycles. The molecule has 1 aromatic carbocycles. The van der Waals surface area contributed by atoms with E-state index < -0.39 is 5.24 Å². The van der Waals surface area contributed by atoms with Crippen molar-refractivity contribution in [2.24, 2.45) is 0 Å². The van der Waals surface area contributed by atoms with Crippen molar-refractivity contribution in [3.05, 3.63) is 70.3 Å². The Hall–Kier alpha value is -3.58. The summed E-state index contributed by atoms with van der Waals surface area (Å²) in [6.45, 7) is 0. The van der Waals surface area contributed by atoms with E-state index in [1.165, 1.54) is 21.3 Å². The van der Waals surface area contributed by atoms with Crippen LogP contribution in [0.1, 0.15) is 69.1 Å². The van der Waals surface area contributed by atoms with Gasteiger partial charge in [-0.05, 0) is 42.6 Å². The normalized spacial score (nSPS) is 25.2. The molecule has 8 heteroatoms. The van der Waals surface area contributed by atoms with Gasteiger partial charge in [0.1, 0.15) is 0 Å². The molecular weight excluding hydrogens is 444 g/mol. The van der Waals surface area contributed by atoms with Crippen molar-refractivity contribution < 1.29 is 25.2 Å². The van der Waals surface area contributed by atoms with Crippen LogP contribution in [0.4, 0.5) is 0 Å². The molecule has 0 spiro atoms. The predicted molar refractivity (Wildman–Crippen MR) is 120 cm³/mol. The Bertz CT molecular complexity index is 1310. The molecule has 0 radical (unpaired) electrons. The van der Waals surface area contributed by atoms with Crippen molar-refractivity contribution in [2.45, 2.75) is 36.5 Å². The molecule has 4 aliphatic rings. The highest BCUT2D eigenvalue weighted by molar-refractivity contribution is 6.67. The summed E-state index contributed by atoms with van der Waals surface area (Å²) in [5.41, 5.74) is 3.47. The molecule has 4 aliphatic carbocycles. The van der Waals surface area contributed by atoms with Crippen LogP contribution in [0, 0.1) is 0 Å². The molecule has 4 bridgehead atoms. The van der Waals surface area contributed by atoms with Gasteiger partial charge in [-0.3, -0.25) is 13.9 Å². The summed E-state index contributed by atoms with van der Waals surface area (Å²) in [7, 11) is 0. The van der Waals surface area contributed by atoms with E-state index in [0.29, 0.717) is 33.6 Å². The summed E-state index contributed by atoms with van der Waals surface area (Å²) in [6, 6.07) is 4.54. The molecule has 2 aromatic heterocycles. The lowest BCUT2D eigenvalue weighted by atomic mass is 10.0. The summed E-state index contributed by atoms with van der Waals surface area (Å²) >= 11 is 5.82. The minimum absolute atomic E-state index is 0.0398. The minimum Gasteiger partial charge on any atom is -0.494 e. The molecule has 0 saturated heterocycles. The molecular formula is C25H19ClN2O5. The Labute approximate surface area is 193 Å². The highest BCUT2D eigenvalue weighted by Crippen LogP contribution is 2.58. The van der Waals surface area contributed by atoms with Gasteiger partial charge in [0.25, 0.3) is 5.24 Å². The van der Waals surface area contributed by atoms with Crippen molar-refractivity contribution in [3.8, 4) is 34.9 Å². The number of nitrogens with zero attached hydrogens (tertiary/aromatic N) is 2. The maximum atomic E-state index is 12.1. The van der Waals surface area contributed by atoms with Gasteiger partial charge < -0.3 is 20.4 Å². The highest BCUT2D eigenvalue weighted by Gasteiger charge is 2.43. The van der Waals surface area contributed by atoms with Crippen LogP contribution in [-0.2, 0) is 0 Å². The number of aromatic hydroxyl groups is 4. The third-order valence-corrected chi connectivity index (χ3v) is 7.91. The van der Waals surface area contributed by atoms with Crippen molar-refractivity contribution in [1.29, 1.82) is 0 Å². The van der Waals surface area contributed by atoms with Crippen molar-refractivity contribution >= 4 is 16.8 Å². The Balaban J connectivity index is 1.45. The number of rotatable bonds is 3. The fraction of sp³-hybridized carbons (Fsp3) is 0.240. The molecule has 7 nitrogen and oxygen atoms in total. The fourth-order valence-corrected chi connectivity index (χ4v) is 6.45. The van der Waals surface area contributed by atoms with Crippen molar-refractivity contribution in [1.82, 2.24) is 9.13 Å². The van der Waals surface area contributed by atoms with Gasteiger partial charge in [-0.2, -0.15) is 0 Å². The molecule has 4 atom stereocenters. The number of allylic oxidation sites excluding steroid dienone is 4. The van der Waals surface area contributed by atoms with E-state index in [1.54, 1.807) is 6.07 Å². The highest BCUT2D eigenvalue weighted by atomic mass is 35.5. The zero-order valence-corrected chi connectivity index (χ0v) is 18.0. The van der Waals surface area contributed by atoms with E-state index in [0.717, 1.165) is 12.8 Å². The van der Waals surface area contributed by atoms with Gasteiger partial charge in [-0.25, -0.2) is 0 Å². The number of benzene rings is 1.